The third-order valence-corrected chi connectivity index (χ3v) is 4.62. The van der Waals surface area contributed by atoms with Gasteiger partial charge in [0, 0.05) is 6.54 Å². The minimum Gasteiger partial charge on any atom is -0.493 e. The number of hydrogen-bond donors (Lipinski definition) is 1. The Labute approximate surface area is 135 Å². The molecule has 1 aromatic rings. The van der Waals surface area contributed by atoms with Gasteiger partial charge in [-0.25, -0.2) is 0 Å². The standard InChI is InChI=1S/C19H31NO2/c1-4-15(2)22-18-11-10-17(12-19(18)21-3)14-20-13-16-8-6-5-7-9-16/h10-12,15-16,20H,4-9,13-14H2,1-3H3. The van der Waals surface area contributed by atoms with Gasteiger partial charge in [0.2, 0.25) is 0 Å². The first kappa shape index (κ1) is 17.1. The van der Waals surface area contributed by atoms with E-state index in [0.717, 1.165) is 36.9 Å². The van der Waals surface area contributed by atoms with Crippen LogP contribution in [0.5, 0.6) is 11.5 Å². The van der Waals surface area contributed by atoms with Gasteiger partial charge in [-0.1, -0.05) is 32.3 Å². The molecule has 0 bridgehead atoms. The molecule has 22 heavy (non-hydrogen) atoms. The molecule has 0 aromatic heterocycles. The molecule has 0 saturated heterocycles. The average molecular weight is 305 g/mol. The third-order valence-electron chi connectivity index (χ3n) is 4.62. The van der Waals surface area contributed by atoms with E-state index in [-0.39, 0.29) is 6.10 Å². The number of rotatable bonds is 8. The number of methoxy groups -OCH3 is 1. The van der Waals surface area contributed by atoms with Crippen LogP contribution in [-0.4, -0.2) is 19.8 Å². The van der Waals surface area contributed by atoms with Crippen LogP contribution in [0.4, 0.5) is 0 Å². The average Bonchev–Trinajstić information content (AvgIpc) is 2.56. The molecule has 1 aliphatic rings. The first-order valence-electron chi connectivity index (χ1n) is 8.77. The number of benzene rings is 1. The number of hydrogen-bond acceptors (Lipinski definition) is 3. The van der Waals surface area contributed by atoms with Gasteiger partial charge in [0.1, 0.15) is 0 Å². The molecule has 3 heteroatoms. The summed E-state index contributed by atoms with van der Waals surface area (Å²) >= 11 is 0. The van der Waals surface area contributed by atoms with E-state index >= 15 is 0 Å². The summed E-state index contributed by atoms with van der Waals surface area (Å²) in [5.74, 6) is 2.54. The zero-order valence-electron chi connectivity index (χ0n) is 14.4. The van der Waals surface area contributed by atoms with Crippen molar-refractivity contribution in [1.29, 1.82) is 0 Å². The van der Waals surface area contributed by atoms with Crippen LogP contribution in [0.2, 0.25) is 0 Å². The van der Waals surface area contributed by atoms with Gasteiger partial charge in [0.15, 0.2) is 11.5 Å². The van der Waals surface area contributed by atoms with E-state index in [4.69, 9.17) is 9.47 Å². The monoisotopic (exact) mass is 305 g/mol. The van der Waals surface area contributed by atoms with Crippen LogP contribution in [0.1, 0.15) is 57.9 Å². The molecular weight excluding hydrogens is 274 g/mol. The van der Waals surface area contributed by atoms with Crippen LogP contribution in [0.3, 0.4) is 0 Å². The summed E-state index contributed by atoms with van der Waals surface area (Å²) in [6.07, 6.45) is 8.21. The smallest absolute Gasteiger partial charge is 0.161 e. The second-order valence-corrected chi connectivity index (χ2v) is 6.46. The van der Waals surface area contributed by atoms with Gasteiger partial charge < -0.3 is 14.8 Å². The second kappa shape index (κ2) is 9.04. The van der Waals surface area contributed by atoms with Crippen molar-refractivity contribution in [3.05, 3.63) is 23.8 Å². The first-order valence-corrected chi connectivity index (χ1v) is 8.77. The summed E-state index contributed by atoms with van der Waals surface area (Å²) in [4.78, 5) is 0. The molecular formula is C19H31NO2. The van der Waals surface area contributed by atoms with Gasteiger partial charge >= 0.3 is 0 Å². The Balaban J connectivity index is 1.85. The van der Waals surface area contributed by atoms with E-state index in [1.165, 1.54) is 37.7 Å². The van der Waals surface area contributed by atoms with Crippen LogP contribution in [0.25, 0.3) is 0 Å². The molecule has 0 amide bonds. The van der Waals surface area contributed by atoms with Crippen molar-refractivity contribution in [2.45, 2.75) is 65.0 Å². The Bertz CT molecular complexity index is 441. The van der Waals surface area contributed by atoms with E-state index < -0.39 is 0 Å². The summed E-state index contributed by atoms with van der Waals surface area (Å²) in [5.41, 5.74) is 1.25. The maximum atomic E-state index is 5.89. The number of nitrogens with one attached hydrogen (secondary N) is 1. The van der Waals surface area contributed by atoms with Crippen LogP contribution < -0.4 is 14.8 Å². The second-order valence-electron chi connectivity index (χ2n) is 6.46. The molecule has 124 valence electrons. The third kappa shape index (κ3) is 5.20. The Hall–Kier alpha value is -1.22. The minimum atomic E-state index is 0.212. The molecule has 1 atom stereocenters. The highest BCUT2D eigenvalue weighted by Gasteiger charge is 2.13. The Morgan fingerprint density at radius 1 is 1.18 bits per heavy atom. The van der Waals surface area contributed by atoms with Gasteiger partial charge in [-0.15, -0.1) is 0 Å². The van der Waals surface area contributed by atoms with Crippen molar-refractivity contribution in [3.8, 4) is 11.5 Å². The quantitative estimate of drug-likeness (QED) is 0.764. The Morgan fingerprint density at radius 3 is 2.64 bits per heavy atom. The normalized spacial score (nSPS) is 17.2. The maximum absolute atomic E-state index is 5.89. The highest BCUT2D eigenvalue weighted by molar-refractivity contribution is 5.43. The highest BCUT2D eigenvalue weighted by Crippen LogP contribution is 2.29. The van der Waals surface area contributed by atoms with Crippen LogP contribution >= 0.6 is 0 Å². The van der Waals surface area contributed by atoms with Crippen LogP contribution in [0, 0.1) is 5.92 Å². The molecule has 1 unspecified atom stereocenters. The molecule has 2 rings (SSSR count). The molecule has 0 heterocycles. The summed E-state index contributed by atoms with van der Waals surface area (Å²) in [6, 6.07) is 6.25. The lowest BCUT2D eigenvalue weighted by atomic mass is 9.89. The van der Waals surface area contributed by atoms with Crippen molar-refractivity contribution < 1.29 is 9.47 Å². The predicted octanol–water partition coefficient (Wildman–Crippen LogP) is 4.54. The number of ether oxygens (including phenoxy) is 2. The molecule has 1 aromatic carbocycles. The minimum absolute atomic E-state index is 0.212. The van der Waals surface area contributed by atoms with Crippen molar-refractivity contribution in [1.82, 2.24) is 5.32 Å². The van der Waals surface area contributed by atoms with Gasteiger partial charge in [0.25, 0.3) is 0 Å². The maximum Gasteiger partial charge on any atom is 0.161 e. The molecule has 1 fully saturated rings. The van der Waals surface area contributed by atoms with E-state index in [1.54, 1.807) is 7.11 Å². The molecule has 1 N–H and O–H groups in total. The summed E-state index contributed by atoms with van der Waals surface area (Å²) in [6.45, 7) is 6.24. The molecule has 1 saturated carbocycles. The molecule has 1 aliphatic carbocycles. The van der Waals surface area contributed by atoms with E-state index in [1.807, 2.05) is 6.07 Å². The highest BCUT2D eigenvalue weighted by atomic mass is 16.5. The largest absolute Gasteiger partial charge is 0.493 e. The summed E-state index contributed by atoms with van der Waals surface area (Å²) in [7, 11) is 1.71. The first-order chi connectivity index (χ1) is 10.7. The van der Waals surface area contributed by atoms with E-state index in [9.17, 15) is 0 Å². The zero-order chi connectivity index (χ0) is 15.8. The predicted molar refractivity (Wildman–Crippen MR) is 91.7 cm³/mol. The molecule has 0 spiro atoms. The van der Waals surface area contributed by atoms with E-state index in [2.05, 4.69) is 31.3 Å². The van der Waals surface area contributed by atoms with Crippen LogP contribution in [-0.2, 0) is 6.54 Å². The SMILES string of the molecule is CCC(C)Oc1ccc(CNCC2CCCCC2)cc1OC. The lowest BCUT2D eigenvalue weighted by Crippen LogP contribution is -2.24. The van der Waals surface area contributed by atoms with Crippen molar-refractivity contribution >= 4 is 0 Å². The fraction of sp³-hybridized carbons (Fsp3) is 0.684. The van der Waals surface area contributed by atoms with Gasteiger partial charge in [-0.3, -0.25) is 0 Å². The Kier molecular flexibility index (Phi) is 7.04. The van der Waals surface area contributed by atoms with E-state index in [0.29, 0.717) is 0 Å². The Morgan fingerprint density at radius 2 is 1.95 bits per heavy atom. The van der Waals surface area contributed by atoms with Crippen LogP contribution in [0.15, 0.2) is 18.2 Å². The van der Waals surface area contributed by atoms with Crippen molar-refractivity contribution in [2.75, 3.05) is 13.7 Å². The summed E-state index contributed by atoms with van der Waals surface area (Å²) < 4.78 is 11.4. The molecule has 0 radical (unpaired) electrons. The topological polar surface area (TPSA) is 30.5 Å². The van der Waals surface area contributed by atoms with Gasteiger partial charge in [0.05, 0.1) is 13.2 Å². The lowest BCUT2D eigenvalue weighted by Gasteiger charge is -2.22. The van der Waals surface area contributed by atoms with Gasteiger partial charge in [-0.2, -0.15) is 0 Å². The van der Waals surface area contributed by atoms with Crippen molar-refractivity contribution in [3.63, 3.8) is 0 Å². The molecule has 3 nitrogen and oxygen atoms in total. The zero-order valence-corrected chi connectivity index (χ0v) is 14.4. The van der Waals surface area contributed by atoms with Gasteiger partial charge in [-0.05, 0) is 56.3 Å². The fourth-order valence-corrected chi connectivity index (χ4v) is 3.03. The fourth-order valence-electron chi connectivity index (χ4n) is 3.03. The lowest BCUT2D eigenvalue weighted by molar-refractivity contribution is 0.207. The van der Waals surface area contributed by atoms with Crippen molar-refractivity contribution in [2.24, 2.45) is 5.92 Å². The molecule has 0 aliphatic heterocycles. The summed E-state index contributed by atoms with van der Waals surface area (Å²) in [5, 5.41) is 3.60.